The van der Waals surface area contributed by atoms with Crippen molar-refractivity contribution in [3.05, 3.63) is 47.8 Å². The number of carboxylic acid groups (broad SMARTS) is 1. The lowest BCUT2D eigenvalue weighted by Crippen LogP contribution is -2.27. The maximum Gasteiger partial charge on any atom is 0.412 e. The van der Waals surface area contributed by atoms with Crippen LogP contribution < -0.4 is 5.32 Å². The number of hydrogen-bond acceptors (Lipinski definition) is 4. The first kappa shape index (κ1) is 16.5. The molecule has 0 saturated heterocycles. The van der Waals surface area contributed by atoms with E-state index in [1.54, 1.807) is 55.9 Å². The molecule has 1 aromatic heterocycles. The Balaban J connectivity index is 1.96. The zero-order valence-corrected chi connectivity index (χ0v) is 13.2. The highest BCUT2D eigenvalue weighted by molar-refractivity contribution is 5.87. The Bertz CT molecular complexity index is 699. The van der Waals surface area contributed by atoms with Crippen LogP contribution in [0.2, 0.25) is 0 Å². The average molecular weight is 317 g/mol. The van der Waals surface area contributed by atoms with Gasteiger partial charge in [-0.1, -0.05) is 12.1 Å². The van der Waals surface area contributed by atoms with Crippen molar-refractivity contribution < 1.29 is 19.4 Å². The first-order valence-corrected chi connectivity index (χ1v) is 7.07. The number of rotatable bonds is 4. The quantitative estimate of drug-likeness (QED) is 0.904. The third kappa shape index (κ3) is 5.14. The molecule has 0 radical (unpaired) electrons. The summed E-state index contributed by atoms with van der Waals surface area (Å²) >= 11 is 0. The second kappa shape index (κ2) is 6.51. The van der Waals surface area contributed by atoms with Gasteiger partial charge in [-0.3, -0.25) is 10.00 Å². The molecular weight excluding hydrogens is 298 g/mol. The molecule has 23 heavy (non-hydrogen) atoms. The van der Waals surface area contributed by atoms with Gasteiger partial charge in [0.1, 0.15) is 5.60 Å². The molecule has 0 saturated carbocycles. The Hall–Kier alpha value is -2.83. The molecule has 0 bridgehead atoms. The molecule has 0 aliphatic carbocycles. The number of nitrogens with one attached hydrogen (secondary N) is 1. The molecule has 0 aliphatic rings. The van der Waals surface area contributed by atoms with Crippen LogP contribution in [0.1, 0.15) is 36.7 Å². The number of aromatic nitrogens is 2. The number of carboxylic acids is 1. The summed E-state index contributed by atoms with van der Waals surface area (Å²) in [5, 5.41) is 15.6. The molecule has 2 N–H and O–H groups in total. The van der Waals surface area contributed by atoms with E-state index < -0.39 is 17.7 Å². The van der Waals surface area contributed by atoms with E-state index in [1.165, 1.54) is 6.20 Å². The van der Waals surface area contributed by atoms with Gasteiger partial charge in [0.05, 0.1) is 24.0 Å². The van der Waals surface area contributed by atoms with Crippen LogP contribution >= 0.6 is 0 Å². The first-order chi connectivity index (χ1) is 10.7. The van der Waals surface area contributed by atoms with E-state index in [0.717, 1.165) is 5.56 Å². The molecule has 1 aromatic carbocycles. The SMILES string of the molecule is CC(C)(C)OC(=O)Nc1cnn(Cc2ccc(C(=O)O)cc2)c1. The van der Waals surface area contributed by atoms with Crippen LogP contribution in [-0.4, -0.2) is 32.6 Å². The van der Waals surface area contributed by atoms with Gasteiger partial charge in [-0.25, -0.2) is 9.59 Å². The van der Waals surface area contributed by atoms with Gasteiger partial charge >= 0.3 is 12.1 Å². The molecule has 1 heterocycles. The van der Waals surface area contributed by atoms with E-state index in [9.17, 15) is 9.59 Å². The molecular formula is C16H19N3O4. The minimum absolute atomic E-state index is 0.237. The van der Waals surface area contributed by atoms with Gasteiger partial charge in [-0.15, -0.1) is 0 Å². The average Bonchev–Trinajstić information content (AvgIpc) is 2.84. The summed E-state index contributed by atoms with van der Waals surface area (Å²) in [5.41, 5.74) is 1.11. The maximum atomic E-state index is 11.7. The molecule has 1 amide bonds. The fraction of sp³-hybridized carbons (Fsp3) is 0.312. The maximum absolute atomic E-state index is 11.7. The van der Waals surface area contributed by atoms with Crippen molar-refractivity contribution in [1.29, 1.82) is 0 Å². The highest BCUT2D eigenvalue weighted by Crippen LogP contribution is 2.12. The van der Waals surface area contributed by atoms with E-state index in [4.69, 9.17) is 9.84 Å². The van der Waals surface area contributed by atoms with Crippen molar-refractivity contribution >= 4 is 17.7 Å². The lowest BCUT2D eigenvalue weighted by Gasteiger charge is -2.19. The zero-order chi connectivity index (χ0) is 17.0. The molecule has 0 fully saturated rings. The van der Waals surface area contributed by atoms with Crippen LogP contribution in [-0.2, 0) is 11.3 Å². The van der Waals surface area contributed by atoms with Crippen LogP contribution in [0.15, 0.2) is 36.7 Å². The Morgan fingerprint density at radius 2 is 1.91 bits per heavy atom. The number of ether oxygens (including phenoxy) is 1. The van der Waals surface area contributed by atoms with Crippen LogP contribution in [0, 0.1) is 0 Å². The van der Waals surface area contributed by atoms with Gasteiger partial charge < -0.3 is 9.84 Å². The van der Waals surface area contributed by atoms with Crippen LogP contribution in [0.25, 0.3) is 0 Å². The van der Waals surface area contributed by atoms with Crippen LogP contribution in [0.5, 0.6) is 0 Å². The Morgan fingerprint density at radius 1 is 1.26 bits per heavy atom. The largest absolute Gasteiger partial charge is 0.478 e. The van der Waals surface area contributed by atoms with Gasteiger partial charge in [0.15, 0.2) is 0 Å². The van der Waals surface area contributed by atoms with E-state index in [2.05, 4.69) is 10.4 Å². The van der Waals surface area contributed by atoms with E-state index >= 15 is 0 Å². The Morgan fingerprint density at radius 3 is 2.48 bits per heavy atom. The van der Waals surface area contributed by atoms with E-state index in [-0.39, 0.29) is 5.56 Å². The van der Waals surface area contributed by atoms with Crippen LogP contribution in [0.4, 0.5) is 10.5 Å². The van der Waals surface area contributed by atoms with Crippen molar-refractivity contribution in [2.45, 2.75) is 32.9 Å². The second-order valence-electron chi connectivity index (χ2n) is 6.06. The molecule has 0 spiro atoms. The number of benzene rings is 1. The molecule has 0 unspecified atom stereocenters. The zero-order valence-electron chi connectivity index (χ0n) is 13.2. The molecule has 7 nitrogen and oxygen atoms in total. The lowest BCUT2D eigenvalue weighted by molar-refractivity contribution is 0.0634. The van der Waals surface area contributed by atoms with Gasteiger partial charge in [0, 0.05) is 6.20 Å². The van der Waals surface area contributed by atoms with Gasteiger partial charge in [-0.2, -0.15) is 5.10 Å². The predicted molar refractivity (Wildman–Crippen MR) is 84.6 cm³/mol. The fourth-order valence-corrected chi connectivity index (χ4v) is 1.88. The van der Waals surface area contributed by atoms with E-state index in [0.29, 0.717) is 12.2 Å². The molecule has 7 heteroatoms. The minimum Gasteiger partial charge on any atom is -0.478 e. The number of carbonyl (C=O) groups is 2. The standard InChI is InChI=1S/C16H19N3O4/c1-16(2,3)23-15(22)18-13-8-17-19(10-13)9-11-4-6-12(7-5-11)14(20)21/h4-8,10H,9H2,1-3H3,(H,18,22)(H,20,21). The number of aromatic carboxylic acids is 1. The van der Waals surface area contributed by atoms with Crippen molar-refractivity contribution in [2.24, 2.45) is 0 Å². The summed E-state index contributed by atoms with van der Waals surface area (Å²) in [7, 11) is 0. The summed E-state index contributed by atoms with van der Waals surface area (Å²) in [6.07, 6.45) is 2.66. The Kier molecular flexibility index (Phi) is 4.68. The first-order valence-electron chi connectivity index (χ1n) is 7.07. The van der Waals surface area contributed by atoms with Gasteiger partial charge in [0.2, 0.25) is 0 Å². The third-order valence-corrected chi connectivity index (χ3v) is 2.82. The number of amides is 1. The minimum atomic E-state index is -0.959. The number of carbonyl (C=O) groups excluding carboxylic acids is 1. The summed E-state index contributed by atoms with van der Waals surface area (Å²) in [4.78, 5) is 22.5. The number of nitrogens with zero attached hydrogens (tertiary/aromatic N) is 2. The van der Waals surface area contributed by atoms with E-state index in [1.807, 2.05) is 0 Å². The van der Waals surface area contributed by atoms with Gasteiger partial charge in [-0.05, 0) is 38.5 Å². The number of anilines is 1. The third-order valence-electron chi connectivity index (χ3n) is 2.82. The molecule has 0 aliphatic heterocycles. The smallest absolute Gasteiger partial charge is 0.412 e. The lowest BCUT2D eigenvalue weighted by atomic mass is 10.1. The summed E-state index contributed by atoms with van der Waals surface area (Å²) in [6, 6.07) is 6.54. The predicted octanol–water partition coefficient (Wildman–Crippen LogP) is 2.98. The van der Waals surface area contributed by atoms with Crippen molar-refractivity contribution in [3.63, 3.8) is 0 Å². The normalized spacial score (nSPS) is 11.1. The second-order valence-corrected chi connectivity index (χ2v) is 6.06. The van der Waals surface area contributed by atoms with Gasteiger partial charge in [0.25, 0.3) is 0 Å². The highest BCUT2D eigenvalue weighted by Gasteiger charge is 2.16. The molecule has 2 rings (SSSR count). The van der Waals surface area contributed by atoms with Crippen molar-refractivity contribution in [2.75, 3.05) is 5.32 Å². The molecule has 0 atom stereocenters. The highest BCUT2D eigenvalue weighted by atomic mass is 16.6. The monoisotopic (exact) mass is 317 g/mol. The summed E-state index contributed by atoms with van der Waals surface area (Å²) in [6.45, 7) is 5.83. The summed E-state index contributed by atoms with van der Waals surface area (Å²) in [5.74, 6) is -0.959. The fourth-order valence-electron chi connectivity index (χ4n) is 1.88. The van der Waals surface area contributed by atoms with Crippen molar-refractivity contribution in [3.8, 4) is 0 Å². The Labute approximate surface area is 133 Å². The molecule has 122 valence electrons. The van der Waals surface area contributed by atoms with Crippen LogP contribution in [0.3, 0.4) is 0 Å². The summed E-state index contributed by atoms with van der Waals surface area (Å²) < 4.78 is 6.80. The number of hydrogen-bond donors (Lipinski definition) is 2. The molecule has 2 aromatic rings. The van der Waals surface area contributed by atoms with Crippen molar-refractivity contribution in [1.82, 2.24) is 9.78 Å². The topological polar surface area (TPSA) is 93.5 Å².